The number of nitrogens with one attached hydrogen (secondary N) is 1. The molecule has 0 spiro atoms. The van der Waals surface area contributed by atoms with E-state index in [1.54, 1.807) is 24.3 Å². The summed E-state index contributed by atoms with van der Waals surface area (Å²) in [6.07, 6.45) is 0. The predicted molar refractivity (Wildman–Crippen MR) is 70.4 cm³/mol. The van der Waals surface area contributed by atoms with E-state index < -0.39 is 0 Å². The van der Waals surface area contributed by atoms with Gasteiger partial charge in [-0.1, -0.05) is 18.2 Å². The van der Waals surface area contributed by atoms with E-state index in [0.717, 1.165) is 23.6 Å². The van der Waals surface area contributed by atoms with Crippen molar-refractivity contribution in [1.82, 2.24) is 5.32 Å². The molecule has 0 saturated heterocycles. The molecule has 2 rings (SSSR count). The minimum atomic E-state index is 0.630. The van der Waals surface area contributed by atoms with Gasteiger partial charge in [-0.2, -0.15) is 5.26 Å². The highest BCUT2D eigenvalue weighted by molar-refractivity contribution is 5.40. The molecule has 1 N–H and O–H groups in total. The van der Waals surface area contributed by atoms with Crippen molar-refractivity contribution in [3.63, 3.8) is 0 Å². The Bertz CT molecular complexity index is 555. The summed E-state index contributed by atoms with van der Waals surface area (Å²) in [6, 6.07) is 17.1. The van der Waals surface area contributed by atoms with E-state index in [0.29, 0.717) is 5.56 Å². The second-order valence-electron chi connectivity index (χ2n) is 3.88. The molecule has 0 aromatic heterocycles. The first-order valence-electron chi connectivity index (χ1n) is 5.74. The van der Waals surface area contributed by atoms with Gasteiger partial charge in [-0.25, -0.2) is 0 Å². The zero-order chi connectivity index (χ0) is 12.8. The molecule has 0 heterocycles. The van der Waals surface area contributed by atoms with Gasteiger partial charge in [-0.3, -0.25) is 0 Å². The first-order chi connectivity index (χ1) is 8.83. The number of para-hydroxylation sites is 1. The highest BCUT2D eigenvalue weighted by Crippen LogP contribution is 2.25. The number of nitrogens with zero attached hydrogens (tertiary/aromatic N) is 1. The molecule has 0 aliphatic carbocycles. The van der Waals surface area contributed by atoms with Crippen molar-refractivity contribution >= 4 is 0 Å². The average molecular weight is 238 g/mol. The summed E-state index contributed by atoms with van der Waals surface area (Å²) in [5, 5.41) is 11.8. The monoisotopic (exact) mass is 238 g/mol. The summed E-state index contributed by atoms with van der Waals surface area (Å²) in [7, 11) is 1.90. The van der Waals surface area contributed by atoms with Crippen LogP contribution in [0, 0.1) is 11.3 Å². The Morgan fingerprint density at radius 2 is 1.83 bits per heavy atom. The smallest absolute Gasteiger partial charge is 0.131 e. The van der Waals surface area contributed by atoms with Gasteiger partial charge in [-0.05, 0) is 37.4 Å². The number of benzene rings is 2. The summed E-state index contributed by atoms with van der Waals surface area (Å²) in [5.74, 6) is 1.56. The van der Waals surface area contributed by atoms with Gasteiger partial charge in [-0.15, -0.1) is 0 Å². The number of nitriles is 1. The fraction of sp³-hybridized carbons (Fsp3) is 0.133. The average Bonchev–Trinajstić information content (AvgIpc) is 2.42. The fourth-order valence-electron chi connectivity index (χ4n) is 1.66. The molecule has 0 bridgehead atoms. The lowest BCUT2D eigenvalue weighted by molar-refractivity contribution is 0.474. The van der Waals surface area contributed by atoms with E-state index in [-0.39, 0.29) is 0 Å². The lowest BCUT2D eigenvalue weighted by atomic mass is 10.2. The fourth-order valence-corrected chi connectivity index (χ4v) is 1.66. The summed E-state index contributed by atoms with van der Waals surface area (Å²) in [4.78, 5) is 0. The lowest BCUT2D eigenvalue weighted by Gasteiger charge is -2.10. The molecule has 0 radical (unpaired) electrons. The Balaban J connectivity index is 2.20. The van der Waals surface area contributed by atoms with Crippen molar-refractivity contribution in [2.45, 2.75) is 6.54 Å². The Morgan fingerprint density at radius 1 is 1.11 bits per heavy atom. The van der Waals surface area contributed by atoms with Crippen molar-refractivity contribution in [3.8, 4) is 17.6 Å². The molecule has 0 atom stereocenters. The van der Waals surface area contributed by atoms with Crippen molar-refractivity contribution < 1.29 is 4.74 Å². The van der Waals surface area contributed by atoms with Crippen LogP contribution in [-0.2, 0) is 6.54 Å². The first-order valence-corrected chi connectivity index (χ1v) is 5.74. The highest BCUT2D eigenvalue weighted by Gasteiger charge is 2.03. The third-order valence-electron chi connectivity index (χ3n) is 2.55. The molecule has 3 nitrogen and oxygen atoms in total. The van der Waals surface area contributed by atoms with Crippen molar-refractivity contribution in [3.05, 3.63) is 59.7 Å². The van der Waals surface area contributed by atoms with E-state index in [4.69, 9.17) is 10.00 Å². The van der Waals surface area contributed by atoms with E-state index in [9.17, 15) is 0 Å². The molecule has 0 aliphatic rings. The van der Waals surface area contributed by atoms with Gasteiger partial charge in [0.05, 0.1) is 11.6 Å². The largest absolute Gasteiger partial charge is 0.457 e. The minimum absolute atomic E-state index is 0.630. The maximum atomic E-state index is 8.73. The zero-order valence-corrected chi connectivity index (χ0v) is 10.2. The molecule has 18 heavy (non-hydrogen) atoms. The van der Waals surface area contributed by atoms with Crippen LogP contribution in [0.15, 0.2) is 48.5 Å². The number of ether oxygens (including phenoxy) is 1. The second kappa shape index (κ2) is 5.85. The maximum Gasteiger partial charge on any atom is 0.131 e. The van der Waals surface area contributed by atoms with Crippen LogP contribution in [0.3, 0.4) is 0 Å². The summed E-state index contributed by atoms with van der Waals surface area (Å²) >= 11 is 0. The lowest BCUT2D eigenvalue weighted by Crippen LogP contribution is -2.06. The Morgan fingerprint density at radius 3 is 2.50 bits per heavy atom. The van der Waals surface area contributed by atoms with E-state index in [2.05, 4.69) is 11.4 Å². The van der Waals surface area contributed by atoms with Crippen LogP contribution in [0.4, 0.5) is 0 Å². The zero-order valence-electron chi connectivity index (χ0n) is 10.2. The van der Waals surface area contributed by atoms with Gasteiger partial charge in [0, 0.05) is 12.1 Å². The summed E-state index contributed by atoms with van der Waals surface area (Å²) in [5.41, 5.74) is 1.73. The van der Waals surface area contributed by atoms with Crippen molar-refractivity contribution in [2.24, 2.45) is 0 Å². The van der Waals surface area contributed by atoms with Gasteiger partial charge in [0.15, 0.2) is 0 Å². The Hall–Kier alpha value is -2.31. The van der Waals surface area contributed by atoms with E-state index >= 15 is 0 Å². The quantitative estimate of drug-likeness (QED) is 0.890. The molecule has 0 unspecified atom stereocenters. The normalized spacial score (nSPS) is 9.78. The van der Waals surface area contributed by atoms with Gasteiger partial charge in [0.2, 0.25) is 0 Å². The van der Waals surface area contributed by atoms with Gasteiger partial charge in [0.1, 0.15) is 11.5 Å². The van der Waals surface area contributed by atoms with Crippen LogP contribution in [0.5, 0.6) is 11.5 Å². The van der Waals surface area contributed by atoms with Crippen LogP contribution in [0.1, 0.15) is 11.1 Å². The molecule has 0 fully saturated rings. The Kier molecular flexibility index (Phi) is 3.95. The topological polar surface area (TPSA) is 45.0 Å². The van der Waals surface area contributed by atoms with Crippen LogP contribution < -0.4 is 10.1 Å². The molecule has 0 saturated carbocycles. The molecule has 3 heteroatoms. The van der Waals surface area contributed by atoms with Crippen LogP contribution in [0.2, 0.25) is 0 Å². The second-order valence-corrected chi connectivity index (χ2v) is 3.88. The molecule has 90 valence electrons. The van der Waals surface area contributed by atoms with Crippen LogP contribution >= 0.6 is 0 Å². The molecule has 2 aromatic carbocycles. The molecular weight excluding hydrogens is 224 g/mol. The van der Waals surface area contributed by atoms with Gasteiger partial charge >= 0.3 is 0 Å². The first kappa shape index (κ1) is 12.2. The van der Waals surface area contributed by atoms with Gasteiger partial charge in [0.25, 0.3) is 0 Å². The molecule has 0 amide bonds. The van der Waals surface area contributed by atoms with Gasteiger partial charge < -0.3 is 10.1 Å². The predicted octanol–water partition coefficient (Wildman–Crippen LogP) is 3.07. The summed E-state index contributed by atoms with van der Waals surface area (Å²) in [6.45, 7) is 0.756. The standard InChI is InChI=1S/C15H14N2O/c1-17-11-13-4-2-3-5-15(13)18-14-8-6-12(10-16)7-9-14/h2-9,17H,11H2,1H3. The van der Waals surface area contributed by atoms with E-state index in [1.165, 1.54) is 0 Å². The van der Waals surface area contributed by atoms with E-state index in [1.807, 2.05) is 31.3 Å². The third kappa shape index (κ3) is 2.88. The number of hydrogen-bond acceptors (Lipinski definition) is 3. The minimum Gasteiger partial charge on any atom is -0.457 e. The molecular formula is C15H14N2O. The van der Waals surface area contributed by atoms with Crippen molar-refractivity contribution in [2.75, 3.05) is 7.05 Å². The van der Waals surface area contributed by atoms with Crippen molar-refractivity contribution in [1.29, 1.82) is 5.26 Å². The van der Waals surface area contributed by atoms with Crippen LogP contribution in [0.25, 0.3) is 0 Å². The number of hydrogen-bond donors (Lipinski definition) is 1. The molecule has 0 aliphatic heterocycles. The number of rotatable bonds is 4. The highest BCUT2D eigenvalue weighted by atomic mass is 16.5. The SMILES string of the molecule is CNCc1ccccc1Oc1ccc(C#N)cc1. The summed E-state index contributed by atoms with van der Waals surface area (Å²) < 4.78 is 5.81. The third-order valence-corrected chi connectivity index (χ3v) is 2.55. The maximum absolute atomic E-state index is 8.73. The van der Waals surface area contributed by atoms with Crippen LogP contribution in [-0.4, -0.2) is 7.05 Å². The Labute approximate surface area is 107 Å². The molecule has 2 aromatic rings.